The molecule has 0 saturated heterocycles. The van der Waals surface area contributed by atoms with Gasteiger partial charge in [-0.05, 0) is 50.2 Å². The van der Waals surface area contributed by atoms with Crippen LogP contribution in [0.25, 0.3) is 0 Å². The predicted molar refractivity (Wildman–Crippen MR) is 89.8 cm³/mol. The molecule has 0 N–H and O–H groups in total. The molecule has 0 bridgehead atoms. The second-order valence-electron chi connectivity index (χ2n) is 7.73. The highest BCUT2D eigenvalue weighted by molar-refractivity contribution is 6.74. The lowest BCUT2D eigenvalue weighted by Crippen LogP contribution is -2.50. The van der Waals surface area contributed by atoms with Crippen molar-refractivity contribution in [3.8, 4) is 0 Å². The Bertz CT molecular complexity index is 384. The largest absolute Gasteiger partial charge is 0.469 e. The van der Waals surface area contributed by atoms with Crippen LogP contribution >= 0.6 is 0 Å². The average molecular weight is 313 g/mol. The molecule has 0 aliphatic heterocycles. The van der Waals surface area contributed by atoms with Crippen molar-refractivity contribution in [3.05, 3.63) is 12.7 Å². The molecule has 0 aromatic rings. The minimum Gasteiger partial charge on any atom is -0.469 e. The molecule has 122 valence electrons. The van der Waals surface area contributed by atoms with E-state index in [1.54, 1.807) is 0 Å². The first-order valence-corrected chi connectivity index (χ1v) is 10.9. The van der Waals surface area contributed by atoms with E-state index < -0.39 is 13.7 Å². The molecule has 0 amide bonds. The van der Waals surface area contributed by atoms with Gasteiger partial charge in [-0.3, -0.25) is 4.79 Å². The fraction of sp³-hybridized carbons (Fsp3) is 0.824. The fourth-order valence-corrected chi connectivity index (χ4v) is 4.34. The van der Waals surface area contributed by atoms with Gasteiger partial charge in [-0.25, -0.2) is 0 Å². The van der Waals surface area contributed by atoms with E-state index in [9.17, 15) is 4.79 Å². The van der Waals surface area contributed by atoms with Gasteiger partial charge in [0.15, 0.2) is 8.32 Å². The van der Waals surface area contributed by atoms with Crippen LogP contribution < -0.4 is 0 Å². The van der Waals surface area contributed by atoms with Gasteiger partial charge >= 0.3 is 5.97 Å². The first kappa shape index (κ1) is 18.4. The molecule has 0 aromatic heterocycles. The molecule has 0 spiro atoms. The summed E-state index contributed by atoms with van der Waals surface area (Å²) in [5, 5.41) is 0.149. The van der Waals surface area contributed by atoms with Gasteiger partial charge in [0.05, 0.1) is 18.6 Å². The summed E-state index contributed by atoms with van der Waals surface area (Å²) in [6, 6.07) is 0. The number of esters is 1. The van der Waals surface area contributed by atoms with Crippen LogP contribution in [0.5, 0.6) is 0 Å². The fourth-order valence-electron chi connectivity index (χ4n) is 2.93. The van der Waals surface area contributed by atoms with Crippen LogP contribution in [0.1, 0.15) is 52.9 Å². The van der Waals surface area contributed by atoms with Crippen molar-refractivity contribution in [2.75, 3.05) is 7.11 Å². The van der Waals surface area contributed by atoms with E-state index in [0.29, 0.717) is 0 Å². The van der Waals surface area contributed by atoms with Crippen LogP contribution in [0, 0.1) is 5.41 Å². The highest BCUT2D eigenvalue weighted by Crippen LogP contribution is 2.48. The Labute approximate surface area is 131 Å². The van der Waals surface area contributed by atoms with E-state index in [0.717, 1.165) is 32.1 Å². The summed E-state index contributed by atoms with van der Waals surface area (Å²) in [4.78, 5) is 12.5. The molecule has 1 aliphatic rings. The maximum atomic E-state index is 12.5. The topological polar surface area (TPSA) is 35.5 Å². The van der Waals surface area contributed by atoms with Crippen molar-refractivity contribution in [1.82, 2.24) is 0 Å². The monoisotopic (exact) mass is 312 g/mol. The molecule has 1 saturated carbocycles. The molecule has 2 atom stereocenters. The number of hydrogen-bond donors (Lipinski definition) is 0. The summed E-state index contributed by atoms with van der Waals surface area (Å²) in [6.45, 7) is 15.0. The summed E-state index contributed by atoms with van der Waals surface area (Å²) in [5.74, 6) is -0.106. The zero-order valence-electron chi connectivity index (χ0n) is 14.6. The van der Waals surface area contributed by atoms with E-state index in [1.807, 2.05) is 6.08 Å². The minimum absolute atomic E-state index is 0.00853. The summed E-state index contributed by atoms with van der Waals surface area (Å²) in [7, 11) is -0.404. The van der Waals surface area contributed by atoms with Gasteiger partial charge in [0.1, 0.15) is 0 Å². The van der Waals surface area contributed by atoms with Crippen LogP contribution in [0.4, 0.5) is 0 Å². The summed E-state index contributed by atoms with van der Waals surface area (Å²) in [5.41, 5.74) is -0.474. The van der Waals surface area contributed by atoms with E-state index in [2.05, 4.69) is 40.4 Å². The Kier molecular flexibility index (Phi) is 5.84. The van der Waals surface area contributed by atoms with Gasteiger partial charge in [0.25, 0.3) is 0 Å². The molecule has 1 rings (SSSR count). The molecular weight excluding hydrogens is 280 g/mol. The number of methoxy groups -OCH3 is 1. The van der Waals surface area contributed by atoms with Crippen LogP contribution in [0.15, 0.2) is 12.7 Å². The zero-order chi connectivity index (χ0) is 16.3. The second-order valence-corrected chi connectivity index (χ2v) is 12.5. The van der Waals surface area contributed by atoms with Crippen molar-refractivity contribution in [2.45, 2.75) is 77.1 Å². The molecule has 0 radical (unpaired) electrons. The van der Waals surface area contributed by atoms with Gasteiger partial charge in [0.2, 0.25) is 0 Å². The normalized spacial score (nSPS) is 26.7. The molecule has 3 nitrogen and oxygen atoms in total. The lowest BCUT2D eigenvalue weighted by molar-refractivity contribution is -0.158. The van der Waals surface area contributed by atoms with Gasteiger partial charge < -0.3 is 9.16 Å². The highest BCUT2D eigenvalue weighted by Gasteiger charge is 2.53. The molecule has 0 unspecified atom stereocenters. The van der Waals surface area contributed by atoms with Gasteiger partial charge in [-0.15, -0.1) is 6.58 Å². The first-order chi connectivity index (χ1) is 9.60. The minimum atomic E-state index is -1.89. The van der Waals surface area contributed by atoms with Crippen molar-refractivity contribution in [1.29, 1.82) is 0 Å². The van der Waals surface area contributed by atoms with Crippen LogP contribution in [0.2, 0.25) is 18.1 Å². The van der Waals surface area contributed by atoms with E-state index >= 15 is 0 Å². The Balaban J connectivity index is 3.02. The van der Waals surface area contributed by atoms with Gasteiger partial charge in [-0.2, -0.15) is 0 Å². The predicted octanol–water partition coefficient (Wildman–Crippen LogP) is 4.69. The lowest BCUT2D eigenvalue weighted by Gasteiger charge is -2.43. The Morgan fingerprint density at radius 2 is 2.05 bits per heavy atom. The molecule has 0 heterocycles. The van der Waals surface area contributed by atoms with Crippen LogP contribution in [0.3, 0.4) is 0 Å². The third kappa shape index (κ3) is 3.78. The van der Waals surface area contributed by atoms with E-state index in [4.69, 9.17) is 9.16 Å². The maximum absolute atomic E-state index is 12.5. The van der Waals surface area contributed by atoms with Gasteiger partial charge in [0, 0.05) is 0 Å². The van der Waals surface area contributed by atoms with E-state index in [-0.39, 0.29) is 17.1 Å². The van der Waals surface area contributed by atoms with Crippen molar-refractivity contribution in [2.24, 2.45) is 5.41 Å². The summed E-state index contributed by atoms with van der Waals surface area (Å²) >= 11 is 0. The number of carbonyl (C=O) groups excluding carboxylic acids is 1. The SMILES string of the molecule is C=CCC[C@@]1(C(=O)OC)CCC[C@@H]1O[Si](C)(C)C(C)(C)C. The zero-order valence-corrected chi connectivity index (χ0v) is 15.6. The third-order valence-electron chi connectivity index (χ3n) is 5.34. The third-order valence-corrected chi connectivity index (χ3v) is 9.82. The molecule has 1 aliphatic carbocycles. The number of hydrogen-bond acceptors (Lipinski definition) is 3. The van der Waals surface area contributed by atoms with E-state index in [1.165, 1.54) is 7.11 Å². The molecule has 1 fully saturated rings. The molecular formula is C17H32O3Si. The van der Waals surface area contributed by atoms with Gasteiger partial charge in [-0.1, -0.05) is 26.8 Å². The quantitative estimate of drug-likeness (QED) is 0.405. The maximum Gasteiger partial charge on any atom is 0.314 e. The molecule has 0 aromatic carbocycles. The number of carbonyl (C=O) groups is 1. The van der Waals surface area contributed by atoms with Crippen LogP contribution in [-0.4, -0.2) is 27.5 Å². The van der Waals surface area contributed by atoms with Crippen molar-refractivity contribution < 1.29 is 14.0 Å². The second kappa shape index (κ2) is 6.65. The summed E-state index contributed by atoms with van der Waals surface area (Å²) < 4.78 is 11.7. The van der Waals surface area contributed by atoms with Crippen LogP contribution in [-0.2, 0) is 14.0 Å². The summed E-state index contributed by atoms with van der Waals surface area (Å²) in [6.07, 6.45) is 6.34. The Morgan fingerprint density at radius 3 is 2.52 bits per heavy atom. The molecule has 4 heteroatoms. The number of ether oxygens (including phenoxy) is 1. The highest BCUT2D eigenvalue weighted by atomic mass is 28.4. The Hall–Kier alpha value is -0.613. The Morgan fingerprint density at radius 1 is 1.43 bits per heavy atom. The number of allylic oxidation sites excluding steroid dienone is 1. The molecule has 21 heavy (non-hydrogen) atoms. The lowest BCUT2D eigenvalue weighted by atomic mass is 9.79. The standard InChI is InChI=1S/C17H32O3Si/c1-8-9-12-17(15(18)19-5)13-10-11-14(17)20-21(6,7)16(2,3)4/h8,14H,1,9-13H2,2-7H3/t14-,17+/m0/s1. The first-order valence-electron chi connectivity index (χ1n) is 7.98. The van der Waals surface area contributed by atoms with Crippen molar-refractivity contribution >= 4 is 14.3 Å². The number of rotatable bonds is 6. The average Bonchev–Trinajstić information content (AvgIpc) is 2.77. The smallest absolute Gasteiger partial charge is 0.314 e. The van der Waals surface area contributed by atoms with Crippen molar-refractivity contribution in [3.63, 3.8) is 0 Å².